The van der Waals surface area contributed by atoms with E-state index >= 15 is 0 Å². The van der Waals surface area contributed by atoms with Crippen molar-refractivity contribution in [1.29, 1.82) is 0 Å². The van der Waals surface area contributed by atoms with E-state index < -0.39 is 0 Å². The van der Waals surface area contributed by atoms with Gasteiger partial charge in [-0.25, -0.2) is 14.8 Å². The summed E-state index contributed by atoms with van der Waals surface area (Å²) in [4.78, 5) is 36.2. The average molecular weight is 496 g/mol. The fourth-order valence-electron chi connectivity index (χ4n) is 4.71. The van der Waals surface area contributed by atoms with E-state index in [0.29, 0.717) is 11.8 Å². The van der Waals surface area contributed by atoms with Gasteiger partial charge in [0.05, 0.1) is 23.8 Å². The van der Waals surface area contributed by atoms with Crippen LogP contribution in [0.5, 0.6) is 0 Å². The van der Waals surface area contributed by atoms with Crippen LogP contribution in [0.25, 0.3) is 11.3 Å². The molecule has 9 nitrogen and oxygen atoms in total. The zero-order valence-corrected chi connectivity index (χ0v) is 21.0. The Balaban J connectivity index is 0.000000917. The van der Waals surface area contributed by atoms with E-state index in [1.165, 1.54) is 11.6 Å². The third-order valence-corrected chi connectivity index (χ3v) is 6.79. The molecule has 0 aliphatic carbocycles. The van der Waals surface area contributed by atoms with Gasteiger partial charge in [-0.15, -0.1) is 0 Å². The van der Waals surface area contributed by atoms with Crippen LogP contribution in [0, 0.1) is 11.8 Å². The zero-order valence-electron chi connectivity index (χ0n) is 20.2. The van der Waals surface area contributed by atoms with E-state index in [9.17, 15) is 4.79 Å². The maximum absolute atomic E-state index is 12.8. The molecule has 2 atom stereocenters. The molecule has 5 rings (SSSR count). The minimum Gasteiger partial charge on any atom is -0.375 e. The molecule has 0 saturated carbocycles. The van der Waals surface area contributed by atoms with Crippen molar-refractivity contribution in [1.82, 2.24) is 29.5 Å². The Morgan fingerprint density at radius 2 is 1.89 bits per heavy atom. The van der Waals surface area contributed by atoms with Gasteiger partial charge in [0.15, 0.2) is 0 Å². The van der Waals surface area contributed by atoms with Crippen LogP contribution in [-0.2, 0) is 11.3 Å². The van der Waals surface area contributed by atoms with Gasteiger partial charge in [0.25, 0.3) is 0 Å². The lowest BCUT2D eigenvalue weighted by Crippen LogP contribution is -2.36. The molecule has 3 aromatic rings. The summed E-state index contributed by atoms with van der Waals surface area (Å²) in [5.74, 6) is 0.976. The molecule has 1 aromatic carbocycles. The number of anilines is 1. The highest BCUT2D eigenvalue weighted by atomic mass is 35.5. The lowest BCUT2D eigenvalue weighted by molar-refractivity contribution is -0.106. The first-order valence-electron chi connectivity index (χ1n) is 11.6. The Morgan fingerprint density at radius 1 is 1.17 bits per heavy atom. The Kier molecular flexibility index (Phi) is 7.77. The number of rotatable bonds is 4. The number of hydrogen-bond acceptors (Lipinski definition) is 7. The van der Waals surface area contributed by atoms with Gasteiger partial charge in [-0.05, 0) is 36.5 Å². The van der Waals surface area contributed by atoms with Crippen LogP contribution in [0.2, 0.25) is 5.02 Å². The van der Waals surface area contributed by atoms with E-state index in [2.05, 4.69) is 32.1 Å². The molecule has 184 valence electrons. The van der Waals surface area contributed by atoms with E-state index in [-0.39, 0.29) is 6.03 Å². The second kappa shape index (κ2) is 11.0. The molecule has 0 bridgehead atoms. The van der Waals surface area contributed by atoms with Gasteiger partial charge in [0, 0.05) is 63.6 Å². The average Bonchev–Trinajstić information content (AvgIpc) is 3.56. The summed E-state index contributed by atoms with van der Waals surface area (Å²) in [6.45, 7) is 5.76. The summed E-state index contributed by atoms with van der Waals surface area (Å²) >= 11 is 6.60. The molecule has 10 heteroatoms. The Morgan fingerprint density at radius 3 is 2.46 bits per heavy atom. The lowest BCUT2D eigenvalue weighted by Gasteiger charge is -2.22. The highest BCUT2D eigenvalue weighted by Crippen LogP contribution is 2.33. The summed E-state index contributed by atoms with van der Waals surface area (Å²) in [6.07, 6.45) is 7.53. The van der Waals surface area contributed by atoms with Gasteiger partial charge in [-0.1, -0.05) is 23.7 Å². The predicted molar refractivity (Wildman–Crippen MR) is 135 cm³/mol. The first-order valence-corrected chi connectivity index (χ1v) is 12.0. The number of nitrogens with zero attached hydrogens (tertiary/aromatic N) is 7. The van der Waals surface area contributed by atoms with Gasteiger partial charge in [-0.2, -0.15) is 9.78 Å². The van der Waals surface area contributed by atoms with Crippen molar-refractivity contribution in [3.63, 3.8) is 0 Å². The molecular formula is C25H30ClN7O2. The van der Waals surface area contributed by atoms with E-state index in [1.54, 1.807) is 24.9 Å². The molecule has 2 saturated heterocycles. The number of fused-ring (bicyclic) bond motifs is 1. The Labute approximate surface area is 210 Å². The van der Waals surface area contributed by atoms with Crippen LogP contribution in [0.3, 0.4) is 0 Å². The van der Waals surface area contributed by atoms with E-state index in [4.69, 9.17) is 16.4 Å². The molecule has 2 fully saturated rings. The van der Waals surface area contributed by atoms with Crippen molar-refractivity contribution in [2.24, 2.45) is 11.8 Å². The smallest absolute Gasteiger partial charge is 0.344 e. The highest BCUT2D eigenvalue weighted by molar-refractivity contribution is 6.31. The third-order valence-electron chi connectivity index (χ3n) is 6.44. The minimum atomic E-state index is -0.0394. The first kappa shape index (κ1) is 24.8. The molecule has 35 heavy (non-hydrogen) atoms. The maximum Gasteiger partial charge on any atom is 0.344 e. The number of aromatic nitrogens is 4. The molecule has 0 N–H and O–H groups in total. The van der Waals surface area contributed by atoms with Crippen molar-refractivity contribution in [3.05, 3.63) is 59.8 Å². The van der Waals surface area contributed by atoms with Gasteiger partial charge >= 0.3 is 6.03 Å². The van der Waals surface area contributed by atoms with E-state index in [0.717, 1.165) is 66.5 Å². The summed E-state index contributed by atoms with van der Waals surface area (Å²) in [5, 5.41) is 4.99. The highest BCUT2D eigenvalue weighted by Gasteiger charge is 2.42. The minimum absolute atomic E-state index is 0.0394. The van der Waals surface area contributed by atoms with Crippen LogP contribution in [0.15, 0.2) is 49.2 Å². The summed E-state index contributed by atoms with van der Waals surface area (Å²) < 4.78 is 1.45. The second-order valence-corrected chi connectivity index (χ2v) is 9.48. The zero-order chi connectivity index (χ0) is 24.9. The fraction of sp³-hybridized carbons (Fsp3) is 0.400. The molecule has 0 spiro atoms. The number of amides is 1. The predicted octanol–water partition coefficient (Wildman–Crippen LogP) is 3.30. The van der Waals surface area contributed by atoms with Gasteiger partial charge < -0.3 is 14.6 Å². The van der Waals surface area contributed by atoms with E-state index in [1.807, 2.05) is 36.0 Å². The Hall–Kier alpha value is -3.30. The standard InChI is InChI=1S/C23H26ClN7O.C2H4O/c1-28(2)20-8-27-31(14-20)23(32)30-12-18-10-29(11-19(18)13-30)9-17-4-3-16(7-21(17)24)22-5-6-25-15-26-22;1-2-3/h3-8,14-15,18-19H,9-13H2,1-2H3;2H,1H3. The first-order chi connectivity index (χ1) is 16.9. The van der Waals surface area contributed by atoms with Crippen molar-refractivity contribution in [2.45, 2.75) is 13.5 Å². The third kappa shape index (κ3) is 5.68. The lowest BCUT2D eigenvalue weighted by atomic mass is 10.0. The topological polar surface area (TPSA) is 87.5 Å². The SMILES string of the molecule is CC=O.CN(C)c1cnn(C(=O)N2CC3CN(Cc4ccc(-c5ccncn5)cc4Cl)CC3C2)c1. The number of benzene rings is 1. The van der Waals surface area contributed by atoms with Crippen LogP contribution in [0.4, 0.5) is 10.5 Å². The molecule has 2 aliphatic rings. The summed E-state index contributed by atoms with van der Waals surface area (Å²) in [6, 6.07) is 7.96. The largest absolute Gasteiger partial charge is 0.375 e. The van der Waals surface area contributed by atoms with Crippen LogP contribution in [-0.4, -0.2) is 82.1 Å². The molecule has 2 unspecified atom stereocenters. The number of hydrogen-bond donors (Lipinski definition) is 0. The van der Waals surface area contributed by atoms with Crippen molar-refractivity contribution in [3.8, 4) is 11.3 Å². The van der Waals surface area contributed by atoms with Crippen LogP contribution < -0.4 is 4.90 Å². The van der Waals surface area contributed by atoms with Crippen LogP contribution >= 0.6 is 11.6 Å². The molecular weight excluding hydrogens is 466 g/mol. The second-order valence-electron chi connectivity index (χ2n) is 9.08. The summed E-state index contributed by atoms with van der Waals surface area (Å²) in [7, 11) is 3.88. The normalized spacial score (nSPS) is 19.1. The number of likely N-dealkylation sites (tertiary alicyclic amines) is 2. The van der Waals surface area contributed by atoms with Crippen molar-refractivity contribution in [2.75, 3.05) is 45.2 Å². The molecule has 2 aromatic heterocycles. The van der Waals surface area contributed by atoms with Gasteiger partial charge in [-0.3, -0.25) is 4.90 Å². The van der Waals surface area contributed by atoms with Crippen molar-refractivity contribution >= 4 is 29.6 Å². The number of carbonyl (C=O) groups is 2. The number of carbonyl (C=O) groups excluding carboxylic acids is 2. The number of halogens is 1. The van der Waals surface area contributed by atoms with Gasteiger partial charge in [0.1, 0.15) is 12.6 Å². The fourth-order valence-corrected chi connectivity index (χ4v) is 4.95. The maximum atomic E-state index is 12.8. The van der Waals surface area contributed by atoms with Crippen molar-refractivity contribution < 1.29 is 9.59 Å². The summed E-state index contributed by atoms with van der Waals surface area (Å²) in [5.41, 5.74) is 3.89. The van der Waals surface area contributed by atoms with Crippen LogP contribution in [0.1, 0.15) is 12.5 Å². The molecule has 4 heterocycles. The molecule has 0 radical (unpaired) electrons. The monoisotopic (exact) mass is 495 g/mol. The number of aldehydes is 1. The Bertz CT molecular complexity index is 1150. The quantitative estimate of drug-likeness (QED) is 0.513. The molecule has 2 aliphatic heterocycles. The molecule has 1 amide bonds. The van der Waals surface area contributed by atoms with Gasteiger partial charge in [0.2, 0.25) is 0 Å².